The molecule has 4 aromatic heterocycles. The summed E-state index contributed by atoms with van der Waals surface area (Å²) in [6.45, 7) is 2.07. The first kappa shape index (κ1) is 13.9. The molecule has 6 nitrogen and oxygen atoms in total. The summed E-state index contributed by atoms with van der Waals surface area (Å²) >= 11 is 0. The number of nitrogens with zero attached hydrogens (tertiary/aromatic N) is 5. The van der Waals surface area contributed by atoms with E-state index in [2.05, 4.69) is 33.1 Å². The minimum atomic E-state index is 0.450. The lowest BCUT2D eigenvalue weighted by atomic mass is 10.1. The van der Waals surface area contributed by atoms with E-state index in [0.717, 1.165) is 22.1 Å². The minimum absolute atomic E-state index is 0.450. The van der Waals surface area contributed by atoms with Crippen LogP contribution in [0.25, 0.3) is 39.5 Å². The highest BCUT2D eigenvalue weighted by Gasteiger charge is 2.13. The molecular formula is C19H13N5O. The third kappa shape index (κ3) is 2.35. The maximum atomic E-state index is 5.42. The topological polar surface area (TPSA) is 69.1 Å². The average molecular weight is 327 g/mol. The summed E-state index contributed by atoms with van der Waals surface area (Å²) in [7, 11) is 0. The van der Waals surface area contributed by atoms with E-state index in [4.69, 9.17) is 4.52 Å². The minimum Gasteiger partial charge on any atom is -0.334 e. The number of pyridine rings is 2. The molecule has 0 aliphatic carbocycles. The van der Waals surface area contributed by atoms with E-state index >= 15 is 0 Å². The Labute approximate surface area is 142 Å². The first-order valence-electron chi connectivity index (χ1n) is 7.91. The Bertz CT molecular complexity index is 1220. The molecule has 0 aliphatic heterocycles. The zero-order chi connectivity index (χ0) is 16.8. The largest absolute Gasteiger partial charge is 0.334 e. The zero-order valence-corrected chi connectivity index (χ0v) is 13.4. The van der Waals surface area contributed by atoms with E-state index in [1.54, 1.807) is 6.20 Å². The van der Waals surface area contributed by atoms with Gasteiger partial charge in [-0.1, -0.05) is 22.9 Å². The molecule has 0 atom stereocenters. The van der Waals surface area contributed by atoms with Crippen molar-refractivity contribution in [3.05, 3.63) is 66.6 Å². The highest BCUT2D eigenvalue weighted by molar-refractivity contribution is 5.81. The molecule has 5 rings (SSSR count). The molecule has 0 saturated heterocycles. The van der Waals surface area contributed by atoms with Crippen molar-refractivity contribution in [1.29, 1.82) is 0 Å². The molecule has 6 heteroatoms. The number of fused-ring (bicyclic) bond motifs is 2. The van der Waals surface area contributed by atoms with Gasteiger partial charge < -0.3 is 8.92 Å². The van der Waals surface area contributed by atoms with Crippen LogP contribution < -0.4 is 0 Å². The first-order chi connectivity index (χ1) is 12.3. The fourth-order valence-corrected chi connectivity index (χ4v) is 2.86. The van der Waals surface area contributed by atoms with Crippen molar-refractivity contribution >= 4 is 16.6 Å². The van der Waals surface area contributed by atoms with E-state index in [1.165, 1.54) is 5.56 Å². The fraction of sp³-hybridized carbons (Fsp3) is 0.0526. The molecule has 0 aliphatic rings. The van der Waals surface area contributed by atoms with Crippen molar-refractivity contribution in [2.75, 3.05) is 0 Å². The second kappa shape index (κ2) is 5.24. The van der Waals surface area contributed by atoms with Crippen molar-refractivity contribution in [1.82, 2.24) is 24.5 Å². The van der Waals surface area contributed by atoms with Crippen LogP contribution >= 0.6 is 0 Å². The third-order valence-corrected chi connectivity index (χ3v) is 4.14. The van der Waals surface area contributed by atoms with Crippen LogP contribution in [0.2, 0.25) is 0 Å². The van der Waals surface area contributed by atoms with Gasteiger partial charge in [0.15, 0.2) is 0 Å². The second-order valence-electron chi connectivity index (χ2n) is 5.92. The summed E-state index contributed by atoms with van der Waals surface area (Å²) in [5.41, 5.74) is 4.46. The van der Waals surface area contributed by atoms with Crippen molar-refractivity contribution < 1.29 is 4.52 Å². The Morgan fingerprint density at radius 1 is 0.960 bits per heavy atom. The predicted molar refractivity (Wildman–Crippen MR) is 94.0 cm³/mol. The summed E-state index contributed by atoms with van der Waals surface area (Å²) in [5.74, 6) is 0.923. The molecular weight excluding hydrogens is 314 g/mol. The summed E-state index contributed by atoms with van der Waals surface area (Å²) in [5, 5.41) is 5.17. The smallest absolute Gasteiger partial charge is 0.258 e. The number of rotatable bonds is 2. The number of aromatic nitrogens is 5. The maximum Gasteiger partial charge on any atom is 0.258 e. The monoisotopic (exact) mass is 327 g/mol. The standard InChI is InChI=1S/C19H13N5O/c1-12-2-4-15-13(10-12)3-5-16(21-15)18-22-19(25-23-18)14-6-8-24-9-7-20-17(24)11-14/h2-11H,1H3. The van der Waals surface area contributed by atoms with Crippen LogP contribution in [0.4, 0.5) is 0 Å². The molecule has 4 heterocycles. The number of aryl methyl sites for hydroxylation is 1. The van der Waals surface area contributed by atoms with Crippen LogP contribution in [0.3, 0.4) is 0 Å². The van der Waals surface area contributed by atoms with Crippen LogP contribution in [0.15, 0.2) is 65.6 Å². The molecule has 0 saturated carbocycles. The molecule has 1 aromatic carbocycles. The molecule has 0 spiro atoms. The van der Waals surface area contributed by atoms with Crippen LogP contribution in [0.1, 0.15) is 5.56 Å². The van der Waals surface area contributed by atoms with Crippen LogP contribution in [0.5, 0.6) is 0 Å². The van der Waals surface area contributed by atoms with E-state index < -0.39 is 0 Å². The molecule has 0 amide bonds. The highest BCUT2D eigenvalue weighted by Crippen LogP contribution is 2.24. The molecule has 120 valence electrons. The normalized spacial score (nSPS) is 11.4. The Kier molecular flexibility index (Phi) is 2.90. The van der Waals surface area contributed by atoms with Gasteiger partial charge in [0.25, 0.3) is 5.89 Å². The second-order valence-corrected chi connectivity index (χ2v) is 5.92. The van der Waals surface area contributed by atoms with Gasteiger partial charge in [-0.05, 0) is 37.3 Å². The van der Waals surface area contributed by atoms with E-state index in [9.17, 15) is 0 Å². The van der Waals surface area contributed by atoms with Gasteiger partial charge in [-0.3, -0.25) is 0 Å². The summed E-state index contributed by atoms with van der Waals surface area (Å²) in [4.78, 5) is 13.4. The molecule has 25 heavy (non-hydrogen) atoms. The molecule has 0 unspecified atom stereocenters. The lowest BCUT2D eigenvalue weighted by molar-refractivity contribution is 0.432. The van der Waals surface area contributed by atoms with Crippen LogP contribution in [0, 0.1) is 6.92 Å². The van der Waals surface area contributed by atoms with E-state index in [0.29, 0.717) is 17.4 Å². The van der Waals surface area contributed by atoms with E-state index in [1.807, 2.05) is 53.2 Å². The third-order valence-electron chi connectivity index (χ3n) is 4.14. The lowest BCUT2D eigenvalue weighted by Gasteiger charge is -2.00. The average Bonchev–Trinajstić information content (AvgIpc) is 3.30. The van der Waals surface area contributed by atoms with Gasteiger partial charge >= 0.3 is 0 Å². The Balaban J connectivity index is 1.56. The number of hydrogen-bond donors (Lipinski definition) is 0. The Hall–Kier alpha value is -3.54. The van der Waals surface area contributed by atoms with Gasteiger partial charge in [-0.15, -0.1) is 0 Å². The lowest BCUT2D eigenvalue weighted by Crippen LogP contribution is -1.88. The van der Waals surface area contributed by atoms with Gasteiger partial charge in [0.1, 0.15) is 11.3 Å². The van der Waals surface area contributed by atoms with Crippen LogP contribution in [-0.2, 0) is 0 Å². The van der Waals surface area contributed by atoms with Crippen LogP contribution in [-0.4, -0.2) is 24.5 Å². The van der Waals surface area contributed by atoms with Gasteiger partial charge in [0.05, 0.1) is 5.52 Å². The van der Waals surface area contributed by atoms with Crippen molar-refractivity contribution in [3.8, 4) is 23.0 Å². The Morgan fingerprint density at radius 2 is 1.92 bits per heavy atom. The van der Waals surface area contributed by atoms with E-state index in [-0.39, 0.29) is 0 Å². The summed E-state index contributed by atoms with van der Waals surface area (Å²) in [6.07, 6.45) is 5.55. The maximum absolute atomic E-state index is 5.42. The molecule has 5 aromatic rings. The molecule has 0 bridgehead atoms. The van der Waals surface area contributed by atoms with Gasteiger partial charge in [0.2, 0.25) is 5.82 Å². The quantitative estimate of drug-likeness (QED) is 0.492. The number of hydrogen-bond acceptors (Lipinski definition) is 5. The summed E-state index contributed by atoms with van der Waals surface area (Å²) in [6, 6.07) is 13.9. The number of imidazole rings is 1. The fourth-order valence-electron chi connectivity index (χ4n) is 2.86. The van der Waals surface area contributed by atoms with Gasteiger partial charge in [0, 0.05) is 29.5 Å². The first-order valence-corrected chi connectivity index (χ1v) is 7.91. The van der Waals surface area contributed by atoms with Crippen molar-refractivity contribution in [2.24, 2.45) is 0 Å². The SMILES string of the molecule is Cc1ccc2nc(-c3noc(-c4ccn5ccnc5c4)n3)ccc2c1. The van der Waals surface area contributed by atoms with Gasteiger partial charge in [-0.25, -0.2) is 9.97 Å². The highest BCUT2D eigenvalue weighted by atomic mass is 16.5. The molecule has 0 N–H and O–H groups in total. The molecule has 0 radical (unpaired) electrons. The van der Waals surface area contributed by atoms with Crippen molar-refractivity contribution in [2.45, 2.75) is 6.92 Å². The number of benzene rings is 1. The summed E-state index contributed by atoms with van der Waals surface area (Å²) < 4.78 is 7.35. The van der Waals surface area contributed by atoms with Gasteiger partial charge in [-0.2, -0.15) is 4.98 Å². The zero-order valence-electron chi connectivity index (χ0n) is 13.4. The Morgan fingerprint density at radius 3 is 2.88 bits per heavy atom. The molecule has 0 fully saturated rings. The predicted octanol–water partition coefficient (Wildman–Crippen LogP) is 3.91. The van der Waals surface area contributed by atoms with Crippen molar-refractivity contribution in [3.63, 3.8) is 0 Å².